The minimum atomic E-state index is -1.78. The predicted molar refractivity (Wildman–Crippen MR) is 239 cm³/mol. The summed E-state index contributed by atoms with van der Waals surface area (Å²) < 4.78 is 29.8. The normalized spacial score (nSPS) is 17.6. The number of halogens is 1. The van der Waals surface area contributed by atoms with Crippen LogP contribution in [0.5, 0.6) is 5.75 Å². The zero-order valence-corrected chi connectivity index (χ0v) is 37.1. The molecule has 2 amide bonds. The van der Waals surface area contributed by atoms with Gasteiger partial charge < -0.3 is 34.2 Å². The van der Waals surface area contributed by atoms with E-state index in [0.29, 0.717) is 16.4 Å². The molecular weight excluding hydrogens is 866 g/mol. The number of hydrogen-bond donors (Lipinski definition) is 2. The van der Waals surface area contributed by atoms with Crippen LogP contribution in [0, 0.1) is 0 Å². The Morgan fingerprint density at radius 2 is 1.51 bits per heavy atom. The number of oxime groups is 1. The smallest absolute Gasteiger partial charge is 0.355 e. The number of β-lactam (4-membered cyclic amide) rings is 1. The van der Waals surface area contributed by atoms with E-state index in [9.17, 15) is 23.7 Å². The van der Waals surface area contributed by atoms with E-state index in [0.717, 1.165) is 21.6 Å². The van der Waals surface area contributed by atoms with Crippen LogP contribution in [0.4, 0.5) is 5.13 Å². The molecular formula is C46H44ClN5O9S2. The van der Waals surface area contributed by atoms with Gasteiger partial charge in [0.25, 0.3) is 11.8 Å². The molecule has 63 heavy (non-hydrogen) atoms. The number of alkyl halides is 1. The molecule has 3 heterocycles. The topological polar surface area (TPSA) is 181 Å². The highest BCUT2D eigenvalue weighted by Crippen LogP contribution is 2.41. The summed E-state index contributed by atoms with van der Waals surface area (Å²) in [6.07, 6.45) is 0. The quantitative estimate of drug-likeness (QED) is 0.0217. The summed E-state index contributed by atoms with van der Waals surface area (Å²) in [4.78, 5) is 65.5. The summed E-state index contributed by atoms with van der Waals surface area (Å²) >= 11 is 5.62. The molecule has 1 saturated heterocycles. The maximum atomic E-state index is 14.3. The molecule has 7 rings (SSSR count). The Bertz CT molecular complexity index is 2400. The molecule has 1 aromatic heterocycles. The van der Waals surface area contributed by atoms with E-state index < -0.39 is 64.1 Å². The molecule has 2 aliphatic heterocycles. The molecule has 14 nitrogen and oxygen atoms in total. The number of esters is 2. The number of nitrogens with zero attached hydrogens (tertiary/aromatic N) is 3. The molecule has 0 bridgehead atoms. The molecule has 2 N–H and O–H groups in total. The van der Waals surface area contributed by atoms with E-state index in [1.807, 2.05) is 91.0 Å². The van der Waals surface area contributed by atoms with Gasteiger partial charge in [-0.15, -0.1) is 22.9 Å². The van der Waals surface area contributed by atoms with Gasteiger partial charge in [-0.25, -0.2) is 14.6 Å². The number of hydrogen-bond acceptors (Lipinski definition) is 13. The lowest BCUT2D eigenvalue weighted by molar-refractivity contribution is -0.160. The van der Waals surface area contributed by atoms with Gasteiger partial charge in [0.2, 0.25) is 12.0 Å². The number of anilines is 1. The average Bonchev–Trinajstić information content (AvgIpc) is 3.75. The number of methoxy groups -OCH3 is 1. The van der Waals surface area contributed by atoms with Crippen LogP contribution in [-0.2, 0) is 56.8 Å². The maximum Gasteiger partial charge on any atom is 0.355 e. The second-order valence-electron chi connectivity index (χ2n) is 15.4. The Kier molecular flexibility index (Phi) is 13.9. The van der Waals surface area contributed by atoms with Crippen LogP contribution in [0.25, 0.3) is 0 Å². The number of thiazole rings is 1. The first-order chi connectivity index (χ1) is 30.3. The highest BCUT2D eigenvalue weighted by atomic mass is 35.5. The zero-order chi connectivity index (χ0) is 44.7. The van der Waals surface area contributed by atoms with Gasteiger partial charge in [-0.2, -0.15) is 0 Å². The largest absolute Gasteiger partial charge is 0.614 e. The molecule has 1 fully saturated rings. The molecule has 2 unspecified atom stereocenters. The van der Waals surface area contributed by atoms with Crippen LogP contribution in [0.3, 0.4) is 0 Å². The van der Waals surface area contributed by atoms with Crippen molar-refractivity contribution in [3.05, 3.63) is 160 Å². The van der Waals surface area contributed by atoms with Gasteiger partial charge in [-0.1, -0.05) is 108 Å². The van der Waals surface area contributed by atoms with Gasteiger partial charge in [0.15, 0.2) is 16.9 Å². The van der Waals surface area contributed by atoms with Crippen molar-refractivity contribution in [3.8, 4) is 5.75 Å². The van der Waals surface area contributed by atoms with Gasteiger partial charge in [0, 0.05) is 11.0 Å². The first-order valence-corrected chi connectivity index (χ1v) is 22.5. The molecule has 0 spiro atoms. The summed E-state index contributed by atoms with van der Waals surface area (Å²) in [5, 5.41) is 11.2. The lowest BCUT2D eigenvalue weighted by Gasteiger charge is -2.49. The highest BCUT2D eigenvalue weighted by Gasteiger charge is 2.61. The Morgan fingerprint density at radius 1 is 0.921 bits per heavy atom. The van der Waals surface area contributed by atoms with Gasteiger partial charge in [-0.3, -0.25) is 14.5 Å². The molecule has 5 aromatic rings. The second kappa shape index (κ2) is 19.5. The summed E-state index contributed by atoms with van der Waals surface area (Å²) in [5.41, 5.74) is 1.45. The summed E-state index contributed by atoms with van der Waals surface area (Å²) in [6.45, 7) is 4.34. The van der Waals surface area contributed by atoms with Crippen LogP contribution in [0.1, 0.15) is 48.7 Å². The van der Waals surface area contributed by atoms with E-state index in [1.54, 1.807) is 50.4 Å². The van der Waals surface area contributed by atoms with E-state index in [-0.39, 0.29) is 40.9 Å². The van der Waals surface area contributed by atoms with Crippen molar-refractivity contribution < 1.29 is 42.8 Å². The van der Waals surface area contributed by atoms with Crippen LogP contribution >= 0.6 is 22.9 Å². The minimum Gasteiger partial charge on any atom is -0.614 e. The fourth-order valence-corrected chi connectivity index (χ4v) is 9.97. The van der Waals surface area contributed by atoms with Crippen molar-refractivity contribution in [2.75, 3.05) is 30.7 Å². The fourth-order valence-electron chi connectivity index (χ4n) is 7.20. The Morgan fingerprint density at radius 3 is 2.05 bits per heavy atom. The Hall–Kier alpha value is -6.20. The standard InChI is InChI=1S/C46H44ClN5O9S2/c1-45(2,3)61-36(53)26-60-51-37(35-27-62-44(48-35)50-46(31-14-8-5-9-15-31,32-16-10-6-11-17-32)33-18-12-7-13-19-33)40(54)49-38-41(55)52-39(30(24-47)28-63(57)42(38)52)43(56)59-25-29-20-22-34(58-4)23-21-29/h5-23,27,38,42H,24-26,28H2,1-4H3,(H,48,50)(H,49,54)/b51-37-/t38?,42-,63?/m1/s1. The number of aromatic nitrogens is 1. The SMILES string of the molecule is COc1ccc(COC(=O)C2=C(CCl)C[S+]([O-])[C@@H]3C(NC(=O)/C(=N\OCC(=O)OC(C)(C)C)c4csc(NC(c5ccccc5)(c5ccccc5)c5ccccc5)n4)C(=O)N23)cc1. The maximum absolute atomic E-state index is 14.3. The summed E-state index contributed by atoms with van der Waals surface area (Å²) in [6, 6.07) is 35.1. The average molecular weight is 910 g/mol. The van der Waals surface area contributed by atoms with Crippen LogP contribution in [0.15, 0.2) is 137 Å². The first-order valence-electron chi connectivity index (χ1n) is 19.7. The van der Waals surface area contributed by atoms with E-state index >= 15 is 0 Å². The van der Waals surface area contributed by atoms with Crippen molar-refractivity contribution in [1.82, 2.24) is 15.2 Å². The van der Waals surface area contributed by atoms with Crippen molar-refractivity contribution in [1.29, 1.82) is 0 Å². The van der Waals surface area contributed by atoms with Crippen molar-refractivity contribution in [2.45, 2.75) is 49.9 Å². The van der Waals surface area contributed by atoms with Crippen LogP contribution in [-0.4, -0.2) is 86.3 Å². The third-order valence-corrected chi connectivity index (χ3v) is 12.7. The van der Waals surface area contributed by atoms with Gasteiger partial charge in [0.1, 0.15) is 40.6 Å². The Balaban J connectivity index is 1.17. The molecule has 4 aromatic carbocycles. The monoisotopic (exact) mass is 909 g/mol. The number of rotatable bonds is 16. The third kappa shape index (κ3) is 9.89. The minimum absolute atomic E-state index is 0.0489. The number of nitrogens with one attached hydrogen (secondary N) is 2. The zero-order valence-electron chi connectivity index (χ0n) is 34.7. The molecule has 326 valence electrons. The number of benzene rings is 4. The lowest BCUT2D eigenvalue weighted by atomic mass is 9.77. The van der Waals surface area contributed by atoms with E-state index in [1.165, 1.54) is 18.4 Å². The molecule has 3 atom stereocenters. The second-order valence-corrected chi connectivity index (χ2v) is 18.1. The number of fused-ring (bicyclic) bond motifs is 1. The Labute approximate surface area is 376 Å². The van der Waals surface area contributed by atoms with Crippen LogP contribution < -0.4 is 15.4 Å². The predicted octanol–water partition coefficient (Wildman–Crippen LogP) is 6.27. The van der Waals surface area contributed by atoms with Crippen molar-refractivity contribution in [3.63, 3.8) is 0 Å². The van der Waals surface area contributed by atoms with Crippen LogP contribution in [0.2, 0.25) is 0 Å². The van der Waals surface area contributed by atoms with Gasteiger partial charge in [0.05, 0.1) is 13.0 Å². The molecule has 0 aliphatic carbocycles. The molecule has 2 aliphatic rings. The van der Waals surface area contributed by atoms with E-state index in [4.69, 9.17) is 35.6 Å². The molecule has 0 radical (unpaired) electrons. The molecule has 0 saturated carbocycles. The van der Waals surface area contributed by atoms with Gasteiger partial charge in [-0.05, 0) is 66.3 Å². The van der Waals surface area contributed by atoms with Gasteiger partial charge >= 0.3 is 11.9 Å². The number of carbonyl (C=O) groups excluding carboxylic acids is 4. The first kappa shape index (κ1) is 44.8. The van der Waals surface area contributed by atoms with E-state index in [2.05, 4.69) is 15.8 Å². The summed E-state index contributed by atoms with van der Waals surface area (Å²) in [7, 11) is 1.54. The highest BCUT2D eigenvalue weighted by molar-refractivity contribution is 7.92. The lowest BCUT2D eigenvalue weighted by Crippen LogP contribution is -2.75. The number of amides is 2. The fraction of sp³-hybridized carbons (Fsp3) is 0.261. The third-order valence-electron chi connectivity index (χ3n) is 10.0. The number of ether oxygens (including phenoxy) is 3. The van der Waals surface area contributed by atoms with Crippen molar-refractivity contribution >= 4 is 68.7 Å². The van der Waals surface area contributed by atoms with Crippen molar-refractivity contribution in [2.24, 2.45) is 5.16 Å². The number of carbonyl (C=O) groups is 4. The summed E-state index contributed by atoms with van der Waals surface area (Å²) in [5.74, 6) is -2.89. The molecule has 17 heteroatoms.